The second kappa shape index (κ2) is 8.53. The number of hydrogen-bond acceptors (Lipinski definition) is 1. The summed E-state index contributed by atoms with van der Waals surface area (Å²) in [7, 11) is 1.98. The van der Waals surface area contributed by atoms with E-state index in [1.54, 1.807) is 0 Å². The predicted molar refractivity (Wildman–Crippen MR) is 90.5 cm³/mol. The van der Waals surface area contributed by atoms with Gasteiger partial charge in [-0.05, 0) is 48.9 Å². The van der Waals surface area contributed by atoms with Gasteiger partial charge in [0.15, 0.2) is 0 Å². The summed E-state index contributed by atoms with van der Waals surface area (Å²) in [5.41, 5.74) is 2.59. The molecule has 0 radical (unpaired) electrons. The minimum absolute atomic E-state index is 0. The van der Waals surface area contributed by atoms with E-state index in [1.165, 1.54) is 11.1 Å². The summed E-state index contributed by atoms with van der Waals surface area (Å²) >= 11 is 11.9. The number of nitrogens with one attached hydrogen (secondary N) is 1. The van der Waals surface area contributed by atoms with Gasteiger partial charge in [-0.15, -0.1) is 12.4 Å². The van der Waals surface area contributed by atoms with Gasteiger partial charge in [0.05, 0.1) is 0 Å². The summed E-state index contributed by atoms with van der Waals surface area (Å²) in [5.74, 6) is 0.434. The summed E-state index contributed by atoms with van der Waals surface area (Å²) in [6.07, 6.45) is 0.986. The third kappa shape index (κ3) is 4.99. The first-order valence-electron chi connectivity index (χ1n) is 6.33. The highest BCUT2D eigenvalue weighted by Gasteiger charge is 2.11. The second-order valence-electron chi connectivity index (χ2n) is 4.64. The van der Waals surface area contributed by atoms with Crippen LogP contribution in [0.15, 0.2) is 48.5 Å². The van der Waals surface area contributed by atoms with Crippen molar-refractivity contribution < 1.29 is 0 Å². The maximum absolute atomic E-state index is 5.94. The topological polar surface area (TPSA) is 12.0 Å². The fraction of sp³-hybridized carbons (Fsp3) is 0.250. The molecule has 1 unspecified atom stereocenters. The zero-order chi connectivity index (χ0) is 13.7. The van der Waals surface area contributed by atoms with Crippen LogP contribution in [0.5, 0.6) is 0 Å². The van der Waals surface area contributed by atoms with Crippen molar-refractivity contribution in [2.24, 2.45) is 0 Å². The molecule has 0 aromatic heterocycles. The number of rotatable bonds is 5. The fourth-order valence-corrected chi connectivity index (χ4v) is 2.45. The predicted octanol–water partition coefficient (Wildman–Crippen LogP) is 4.96. The molecule has 2 aromatic carbocycles. The van der Waals surface area contributed by atoms with E-state index >= 15 is 0 Å². The first kappa shape index (κ1) is 17.3. The van der Waals surface area contributed by atoms with Crippen molar-refractivity contribution in [3.8, 4) is 0 Å². The van der Waals surface area contributed by atoms with Gasteiger partial charge in [0, 0.05) is 22.5 Å². The van der Waals surface area contributed by atoms with E-state index in [4.69, 9.17) is 23.2 Å². The minimum atomic E-state index is 0. The SMILES string of the molecule is CNCC(Cc1ccc(Cl)cc1)c1ccc(Cl)cc1.Cl. The van der Waals surface area contributed by atoms with Crippen LogP contribution in [0.25, 0.3) is 0 Å². The molecule has 0 fully saturated rings. The molecule has 1 N–H and O–H groups in total. The van der Waals surface area contributed by atoms with Gasteiger partial charge in [-0.2, -0.15) is 0 Å². The Morgan fingerprint density at radius 1 is 0.900 bits per heavy atom. The zero-order valence-corrected chi connectivity index (χ0v) is 13.6. The first-order valence-corrected chi connectivity index (χ1v) is 7.09. The number of likely N-dealkylation sites (N-methyl/N-ethyl adjacent to an activating group) is 1. The highest BCUT2D eigenvalue weighted by Crippen LogP contribution is 2.23. The Bertz CT molecular complexity index is 508. The summed E-state index contributed by atoms with van der Waals surface area (Å²) in [5, 5.41) is 4.81. The van der Waals surface area contributed by atoms with Crippen molar-refractivity contribution in [3.05, 3.63) is 69.7 Å². The van der Waals surface area contributed by atoms with E-state index in [0.717, 1.165) is 23.0 Å². The Labute approximate surface area is 136 Å². The van der Waals surface area contributed by atoms with E-state index in [9.17, 15) is 0 Å². The van der Waals surface area contributed by atoms with Gasteiger partial charge in [-0.3, -0.25) is 0 Å². The Morgan fingerprint density at radius 3 is 1.90 bits per heavy atom. The van der Waals surface area contributed by atoms with Crippen molar-refractivity contribution in [1.82, 2.24) is 5.32 Å². The molecule has 0 saturated heterocycles. The van der Waals surface area contributed by atoms with Gasteiger partial charge in [-0.25, -0.2) is 0 Å². The Morgan fingerprint density at radius 2 is 1.40 bits per heavy atom. The summed E-state index contributed by atoms with van der Waals surface area (Å²) in [6, 6.07) is 16.1. The number of halogens is 3. The zero-order valence-electron chi connectivity index (χ0n) is 11.3. The van der Waals surface area contributed by atoms with Gasteiger partial charge >= 0.3 is 0 Å². The largest absolute Gasteiger partial charge is 0.319 e. The lowest BCUT2D eigenvalue weighted by atomic mass is 9.92. The fourth-order valence-electron chi connectivity index (χ4n) is 2.19. The van der Waals surface area contributed by atoms with Crippen molar-refractivity contribution in [2.75, 3.05) is 13.6 Å². The quantitative estimate of drug-likeness (QED) is 0.817. The highest BCUT2D eigenvalue weighted by atomic mass is 35.5. The molecule has 0 amide bonds. The van der Waals surface area contributed by atoms with Crippen LogP contribution in [0.1, 0.15) is 17.0 Å². The molecule has 0 bridgehead atoms. The van der Waals surface area contributed by atoms with Crippen LogP contribution in [0.2, 0.25) is 10.0 Å². The summed E-state index contributed by atoms with van der Waals surface area (Å²) < 4.78 is 0. The third-order valence-corrected chi connectivity index (χ3v) is 3.69. The van der Waals surface area contributed by atoms with Gasteiger partial charge in [0.2, 0.25) is 0 Å². The normalized spacial score (nSPS) is 11.8. The lowest BCUT2D eigenvalue weighted by molar-refractivity contribution is 0.626. The molecule has 2 aromatic rings. The Balaban J connectivity index is 0.00000200. The molecule has 1 nitrogen and oxygen atoms in total. The molecular weight excluding hydrogens is 313 g/mol. The van der Waals surface area contributed by atoms with Crippen molar-refractivity contribution >= 4 is 35.6 Å². The molecule has 2 rings (SSSR count). The van der Waals surface area contributed by atoms with Crippen LogP contribution in [0, 0.1) is 0 Å². The number of benzene rings is 2. The van der Waals surface area contributed by atoms with Crippen molar-refractivity contribution in [2.45, 2.75) is 12.3 Å². The van der Waals surface area contributed by atoms with Gasteiger partial charge < -0.3 is 5.32 Å². The molecule has 1 atom stereocenters. The maximum Gasteiger partial charge on any atom is 0.0406 e. The Hall–Kier alpha value is -0.730. The van der Waals surface area contributed by atoms with Crippen molar-refractivity contribution in [1.29, 1.82) is 0 Å². The third-order valence-electron chi connectivity index (χ3n) is 3.19. The van der Waals surface area contributed by atoms with Crippen molar-refractivity contribution in [3.63, 3.8) is 0 Å². The van der Waals surface area contributed by atoms with Gasteiger partial charge in [0.25, 0.3) is 0 Å². The van der Waals surface area contributed by atoms with Gasteiger partial charge in [-0.1, -0.05) is 47.5 Å². The smallest absolute Gasteiger partial charge is 0.0406 e. The molecule has 0 saturated carbocycles. The molecule has 0 aliphatic heterocycles. The minimum Gasteiger partial charge on any atom is -0.319 e. The van der Waals surface area contributed by atoms with Gasteiger partial charge in [0.1, 0.15) is 0 Å². The molecular formula is C16H18Cl3N. The average Bonchev–Trinajstić information content (AvgIpc) is 2.42. The highest BCUT2D eigenvalue weighted by molar-refractivity contribution is 6.30. The maximum atomic E-state index is 5.94. The Kier molecular flexibility index (Phi) is 7.39. The molecule has 4 heteroatoms. The molecule has 20 heavy (non-hydrogen) atoms. The first-order chi connectivity index (χ1) is 9.19. The van der Waals surface area contributed by atoms with Crippen LogP contribution in [-0.2, 0) is 6.42 Å². The number of hydrogen-bond donors (Lipinski definition) is 1. The standard InChI is InChI=1S/C16H17Cl2N.ClH/c1-19-11-14(13-4-8-16(18)9-5-13)10-12-2-6-15(17)7-3-12;/h2-9,14,19H,10-11H2,1H3;1H. The summed E-state index contributed by atoms with van der Waals surface area (Å²) in [6.45, 7) is 0.935. The molecule has 0 heterocycles. The second-order valence-corrected chi connectivity index (χ2v) is 5.51. The average molecular weight is 331 g/mol. The van der Waals surface area contributed by atoms with E-state index in [2.05, 4.69) is 29.6 Å². The lowest BCUT2D eigenvalue weighted by Gasteiger charge is -2.17. The van der Waals surface area contributed by atoms with E-state index < -0.39 is 0 Å². The van der Waals surface area contributed by atoms with Crippen LogP contribution in [-0.4, -0.2) is 13.6 Å². The molecule has 108 valence electrons. The molecule has 0 aliphatic rings. The van der Waals surface area contributed by atoms with E-state index in [0.29, 0.717) is 5.92 Å². The molecule has 0 spiro atoms. The van der Waals surface area contributed by atoms with Crippen LogP contribution < -0.4 is 5.32 Å². The van der Waals surface area contributed by atoms with Crippen LogP contribution >= 0.6 is 35.6 Å². The van der Waals surface area contributed by atoms with Crippen LogP contribution in [0.3, 0.4) is 0 Å². The van der Waals surface area contributed by atoms with E-state index in [-0.39, 0.29) is 12.4 Å². The lowest BCUT2D eigenvalue weighted by Crippen LogP contribution is -2.19. The summed E-state index contributed by atoms with van der Waals surface area (Å²) in [4.78, 5) is 0. The van der Waals surface area contributed by atoms with E-state index in [1.807, 2.05) is 31.3 Å². The monoisotopic (exact) mass is 329 g/mol. The molecule has 0 aliphatic carbocycles. The van der Waals surface area contributed by atoms with Crippen LogP contribution in [0.4, 0.5) is 0 Å².